The van der Waals surface area contributed by atoms with E-state index in [2.05, 4.69) is 25.1 Å². The maximum Gasteiger partial charge on any atom is 0.185 e. The lowest BCUT2D eigenvalue weighted by atomic mass is 10.2. The molecule has 6 rings (SSSR count). The molecular formula is C25H24F2N6O3S. The second-order valence-electron chi connectivity index (χ2n) is 9.32. The predicted octanol–water partition coefficient (Wildman–Crippen LogP) is 3.46. The quantitative estimate of drug-likeness (QED) is 0.361. The lowest BCUT2D eigenvalue weighted by molar-refractivity contribution is 0.248. The van der Waals surface area contributed by atoms with Crippen LogP contribution in [0.2, 0.25) is 0 Å². The van der Waals surface area contributed by atoms with Gasteiger partial charge in [0.15, 0.2) is 21.5 Å². The summed E-state index contributed by atoms with van der Waals surface area (Å²) in [5.74, 6) is -2.57. The lowest BCUT2D eigenvalue weighted by Crippen LogP contribution is -2.47. The lowest BCUT2D eigenvalue weighted by Gasteiger charge is -2.36. The number of piperazine rings is 1. The fraction of sp³-hybridized carbons (Fsp3) is 0.320. The predicted molar refractivity (Wildman–Crippen MR) is 131 cm³/mol. The van der Waals surface area contributed by atoms with Crippen LogP contribution in [0.4, 0.5) is 14.5 Å². The van der Waals surface area contributed by atoms with E-state index in [1.54, 1.807) is 12.4 Å². The average Bonchev–Trinajstić information content (AvgIpc) is 3.37. The molecule has 2 aliphatic rings. The van der Waals surface area contributed by atoms with E-state index in [1.807, 2.05) is 6.07 Å². The zero-order chi connectivity index (χ0) is 25.6. The van der Waals surface area contributed by atoms with Gasteiger partial charge in [-0.05, 0) is 31.0 Å². The van der Waals surface area contributed by atoms with E-state index in [0.717, 1.165) is 61.0 Å². The summed E-state index contributed by atoms with van der Waals surface area (Å²) in [5, 5.41) is 8.03. The van der Waals surface area contributed by atoms with Crippen LogP contribution in [0.25, 0.3) is 16.9 Å². The molecule has 1 aliphatic carbocycles. The topological polar surface area (TPSA) is 97.4 Å². The Morgan fingerprint density at radius 3 is 2.59 bits per heavy atom. The van der Waals surface area contributed by atoms with Gasteiger partial charge in [0.1, 0.15) is 22.5 Å². The molecule has 1 aromatic carbocycles. The number of anilines is 1. The number of benzene rings is 1. The molecule has 37 heavy (non-hydrogen) atoms. The molecule has 4 heterocycles. The number of furan rings is 1. The zero-order valence-corrected chi connectivity index (χ0v) is 20.6. The Bertz CT molecular complexity index is 1530. The SMILES string of the molecule is O=S(=O)(Cc1ccc(F)c(-n2cc(-c3cncc(N4CCN(C5CC5)CC4)c3)nn2)c1F)c1ccoc1. The van der Waals surface area contributed by atoms with Crippen molar-refractivity contribution in [2.24, 2.45) is 0 Å². The Morgan fingerprint density at radius 1 is 1.05 bits per heavy atom. The van der Waals surface area contributed by atoms with E-state index in [1.165, 1.54) is 31.4 Å². The van der Waals surface area contributed by atoms with Gasteiger partial charge >= 0.3 is 0 Å². The van der Waals surface area contributed by atoms with Crippen molar-refractivity contribution in [3.8, 4) is 16.9 Å². The molecule has 9 nitrogen and oxygen atoms in total. The molecule has 0 bridgehead atoms. The molecule has 1 saturated carbocycles. The van der Waals surface area contributed by atoms with Crippen LogP contribution in [0, 0.1) is 11.6 Å². The summed E-state index contributed by atoms with van der Waals surface area (Å²) in [5.41, 5.74) is 1.31. The fourth-order valence-corrected chi connectivity index (χ4v) is 5.92. The number of hydrogen-bond donors (Lipinski definition) is 0. The Kier molecular flexibility index (Phi) is 6.00. The van der Waals surface area contributed by atoms with Gasteiger partial charge in [-0.3, -0.25) is 9.88 Å². The van der Waals surface area contributed by atoms with Crippen molar-refractivity contribution in [1.29, 1.82) is 0 Å². The highest BCUT2D eigenvalue weighted by molar-refractivity contribution is 7.90. The highest BCUT2D eigenvalue weighted by Crippen LogP contribution is 2.30. The fourth-order valence-electron chi connectivity index (χ4n) is 4.65. The normalized spacial score (nSPS) is 16.9. The summed E-state index contributed by atoms with van der Waals surface area (Å²) < 4.78 is 61.1. The van der Waals surface area contributed by atoms with E-state index in [0.29, 0.717) is 11.3 Å². The number of sulfone groups is 1. The Labute approximate surface area is 212 Å². The van der Waals surface area contributed by atoms with E-state index < -0.39 is 32.9 Å². The van der Waals surface area contributed by atoms with Gasteiger partial charge in [0, 0.05) is 49.5 Å². The minimum absolute atomic E-state index is 0.0813. The molecule has 0 spiro atoms. The van der Waals surface area contributed by atoms with Gasteiger partial charge in [-0.25, -0.2) is 21.9 Å². The standard InChI is InChI=1S/C25H24F2N6O3S/c26-22-4-1-17(16-37(34,35)21-5-10-36-15-21)24(27)25(22)33-14-23(29-30-33)18-11-20(13-28-12-18)32-8-6-31(7-9-32)19-2-3-19/h1,4-5,10-15,19H,2-3,6-9,16H2. The van der Waals surface area contributed by atoms with Crippen molar-refractivity contribution in [3.63, 3.8) is 0 Å². The summed E-state index contributed by atoms with van der Waals surface area (Å²) in [6.07, 6.45) is 9.68. The van der Waals surface area contributed by atoms with E-state index in [4.69, 9.17) is 4.42 Å². The third-order valence-electron chi connectivity index (χ3n) is 6.83. The molecule has 4 aromatic rings. The van der Waals surface area contributed by atoms with Crippen molar-refractivity contribution in [2.45, 2.75) is 29.5 Å². The maximum absolute atomic E-state index is 15.4. The highest BCUT2D eigenvalue weighted by Gasteiger charge is 2.31. The third-order valence-corrected chi connectivity index (χ3v) is 8.47. The first-order valence-electron chi connectivity index (χ1n) is 12.0. The molecule has 0 N–H and O–H groups in total. The highest BCUT2D eigenvalue weighted by atomic mass is 32.2. The summed E-state index contributed by atoms with van der Waals surface area (Å²) in [6.45, 7) is 3.82. The largest absolute Gasteiger partial charge is 0.471 e. The van der Waals surface area contributed by atoms with Gasteiger partial charge in [-0.2, -0.15) is 0 Å². The van der Waals surface area contributed by atoms with Crippen LogP contribution in [0.15, 0.2) is 64.7 Å². The van der Waals surface area contributed by atoms with E-state index in [-0.39, 0.29) is 10.5 Å². The van der Waals surface area contributed by atoms with Gasteiger partial charge in [-0.1, -0.05) is 11.3 Å². The van der Waals surface area contributed by atoms with Crippen molar-refractivity contribution in [3.05, 3.63) is 72.6 Å². The summed E-state index contributed by atoms with van der Waals surface area (Å²) in [6, 6.07) is 6.08. The molecule has 3 aromatic heterocycles. The van der Waals surface area contributed by atoms with Crippen molar-refractivity contribution in [1.82, 2.24) is 24.9 Å². The van der Waals surface area contributed by atoms with Crippen molar-refractivity contribution < 1.29 is 21.6 Å². The molecule has 0 atom stereocenters. The van der Waals surface area contributed by atoms with Crippen LogP contribution in [0.3, 0.4) is 0 Å². The van der Waals surface area contributed by atoms with Crippen LogP contribution in [0.5, 0.6) is 0 Å². The van der Waals surface area contributed by atoms with E-state index in [9.17, 15) is 12.8 Å². The van der Waals surface area contributed by atoms with Gasteiger partial charge < -0.3 is 9.32 Å². The number of rotatable bonds is 7. The zero-order valence-electron chi connectivity index (χ0n) is 19.8. The monoisotopic (exact) mass is 526 g/mol. The molecule has 12 heteroatoms. The first-order chi connectivity index (χ1) is 17.9. The molecule has 1 saturated heterocycles. The molecule has 0 unspecified atom stereocenters. The third kappa shape index (κ3) is 4.74. The van der Waals surface area contributed by atoms with Crippen LogP contribution < -0.4 is 4.90 Å². The van der Waals surface area contributed by atoms with Crippen LogP contribution in [-0.4, -0.2) is 65.5 Å². The number of halogens is 2. The Hall–Kier alpha value is -3.64. The second kappa shape index (κ2) is 9.34. The first kappa shape index (κ1) is 23.7. The number of hydrogen-bond acceptors (Lipinski definition) is 8. The first-order valence-corrected chi connectivity index (χ1v) is 13.6. The molecule has 0 amide bonds. The molecular weight excluding hydrogens is 502 g/mol. The van der Waals surface area contributed by atoms with Crippen molar-refractivity contribution >= 4 is 15.5 Å². The van der Waals surface area contributed by atoms with Gasteiger partial charge in [0.25, 0.3) is 0 Å². The summed E-state index contributed by atoms with van der Waals surface area (Å²) in [7, 11) is -3.88. The number of nitrogens with zero attached hydrogens (tertiary/aromatic N) is 6. The van der Waals surface area contributed by atoms with Crippen LogP contribution >= 0.6 is 0 Å². The molecule has 0 radical (unpaired) electrons. The molecule has 192 valence electrons. The number of aromatic nitrogens is 4. The molecule has 2 fully saturated rings. The summed E-state index contributed by atoms with van der Waals surface area (Å²) in [4.78, 5) is 9.05. The van der Waals surface area contributed by atoms with Crippen molar-refractivity contribution in [2.75, 3.05) is 31.1 Å². The van der Waals surface area contributed by atoms with E-state index >= 15 is 4.39 Å². The van der Waals surface area contributed by atoms with Gasteiger partial charge in [-0.15, -0.1) is 5.10 Å². The average molecular weight is 527 g/mol. The minimum atomic E-state index is -3.88. The minimum Gasteiger partial charge on any atom is -0.471 e. The molecule has 1 aliphatic heterocycles. The maximum atomic E-state index is 15.4. The van der Waals surface area contributed by atoms with Crippen LogP contribution in [0.1, 0.15) is 18.4 Å². The Morgan fingerprint density at radius 2 is 1.86 bits per heavy atom. The van der Waals surface area contributed by atoms with Crippen LogP contribution in [-0.2, 0) is 15.6 Å². The van der Waals surface area contributed by atoms with Gasteiger partial charge in [0.05, 0.1) is 30.1 Å². The van der Waals surface area contributed by atoms with Gasteiger partial charge in [0.2, 0.25) is 0 Å². The second-order valence-corrected chi connectivity index (χ2v) is 11.3. The summed E-state index contributed by atoms with van der Waals surface area (Å²) >= 11 is 0. The number of pyridine rings is 1. The Balaban J connectivity index is 1.25. The smallest absolute Gasteiger partial charge is 0.185 e.